The Morgan fingerprint density at radius 2 is 2.15 bits per heavy atom. The van der Waals surface area contributed by atoms with Crippen LogP contribution in [-0.2, 0) is 17.7 Å². The van der Waals surface area contributed by atoms with E-state index < -0.39 is 11.9 Å². The van der Waals surface area contributed by atoms with Crippen molar-refractivity contribution in [1.29, 1.82) is 0 Å². The molecule has 3 rings (SSSR count). The number of carbonyl (C=O) groups excluding carboxylic acids is 1. The Morgan fingerprint density at radius 3 is 2.74 bits per heavy atom. The number of primary amides is 1. The van der Waals surface area contributed by atoms with Crippen molar-refractivity contribution in [2.75, 3.05) is 13.7 Å². The summed E-state index contributed by atoms with van der Waals surface area (Å²) in [5, 5.41) is 9.31. The molecular formula is C17H17N3O6S. The molecule has 1 amide bonds. The summed E-state index contributed by atoms with van der Waals surface area (Å²) >= 11 is 1.08. The van der Waals surface area contributed by atoms with Gasteiger partial charge in [-0.25, -0.2) is 9.78 Å². The molecule has 3 aromatic rings. The van der Waals surface area contributed by atoms with E-state index in [0.717, 1.165) is 11.3 Å². The first-order valence-electron chi connectivity index (χ1n) is 7.97. The molecule has 142 valence electrons. The number of methoxy groups -OCH3 is 1. The number of aryl methyl sites for hydroxylation is 1. The van der Waals surface area contributed by atoms with Crippen molar-refractivity contribution < 1.29 is 23.8 Å². The lowest BCUT2D eigenvalue weighted by Gasteiger charge is -2.11. The van der Waals surface area contributed by atoms with E-state index in [1.807, 2.05) is 0 Å². The number of furan rings is 1. The number of hydrogen-bond donors (Lipinski definition) is 2. The number of ether oxygens (including phenoxy) is 1. The number of rotatable bonds is 7. The van der Waals surface area contributed by atoms with Crippen LogP contribution in [0.25, 0.3) is 10.2 Å². The third-order valence-electron chi connectivity index (χ3n) is 4.07. The molecule has 10 heteroatoms. The molecule has 0 saturated heterocycles. The highest BCUT2D eigenvalue weighted by Crippen LogP contribution is 2.27. The normalized spacial score (nSPS) is 11.2. The smallest absolute Gasteiger partial charge is 0.371 e. The average Bonchev–Trinajstić information content (AvgIpc) is 3.21. The third kappa shape index (κ3) is 3.49. The Hall–Kier alpha value is -2.98. The summed E-state index contributed by atoms with van der Waals surface area (Å²) in [4.78, 5) is 40.9. The quantitative estimate of drug-likeness (QED) is 0.621. The molecule has 27 heavy (non-hydrogen) atoms. The minimum absolute atomic E-state index is 0.00922. The van der Waals surface area contributed by atoms with Gasteiger partial charge in [0.05, 0.1) is 23.4 Å². The maximum absolute atomic E-state index is 13.1. The van der Waals surface area contributed by atoms with Crippen molar-refractivity contribution in [1.82, 2.24) is 9.55 Å². The number of carboxylic acid groups (broad SMARTS) is 1. The van der Waals surface area contributed by atoms with Crippen molar-refractivity contribution >= 4 is 33.4 Å². The molecule has 0 atom stereocenters. The molecule has 3 N–H and O–H groups in total. The predicted octanol–water partition coefficient (Wildman–Crippen LogP) is 1.39. The van der Waals surface area contributed by atoms with Crippen molar-refractivity contribution in [2.24, 2.45) is 5.73 Å². The van der Waals surface area contributed by atoms with E-state index in [1.165, 1.54) is 23.8 Å². The van der Waals surface area contributed by atoms with E-state index in [4.69, 9.17) is 20.0 Å². The lowest BCUT2D eigenvalue weighted by atomic mass is 10.2. The molecule has 0 saturated carbocycles. The number of amides is 1. The molecule has 0 fully saturated rings. The first-order chi connectivity index (χ1) is 12.8. The first kappa shape index (κ1) is 18.8. The maximum atomic E-state index is 13.1. The zero-order chi connectivity index (χ0) is 19.7. The summed E-state index contributed by atoms with van der Waals surface area (Å²) in [6.45, 7) is 2.00. The van der Waals surface area contributed by atoms with Crippen molar-refractivity contribution in [3.05, 3.63) is 50.3 Å². The van der Waals surface area contributed by atoms with Gasteiger partial charge in [-0.15, -0.1) is 11.3 Å². The second kappa shape index (κ2) is 7.33. The molecule has 3 aromatic heterocycles. The van der Waals surface area contributed by atoms with Crippen molar-refractivity contribution in [3.63, 3.8) is 0 Å². The topological polar surface area (TPSA) is 138 Å². The lowest BCUT2D eigenvalue weighted by molar-refractivity contribution is 0.0660. The molecule has 3 heterocycles. The van der Waals surface area contributed by atoms with Gasteiger partial charge in [0, 0.05) is 13.5 Å². The highest BCUT2D eigenvalue weighted by molar-refractivity contribution is 7.20. The number of thiophene rings is 1. The van der Waals surface area contributed by atoms with Gasteiger partial charge in [0.2, 0.25) is 5.76 Å². The lowest BCUT2D eigenvalue weighted by Crippen LogP contribution is -2.26. The van der Waals surface area contributed by atoms with Crippen molar-refractivity contribution in [3.8, 4) is 0 Å². The van der Waals surface area contributed by atoms with E-state index in [2.05, 4.69) is 4.98 Å². The summed E-state index contributed by atoms with van der Waals surface area (Å²) in [5.41, 5.74) is 5.52. The molecule has 0 aromatic carbocycles. The van der Waals surface area contributed by atoms with E-state index in [9.17, 15) is 14.4 Å². The van der Waals surface area contributed by atoms with Crippen LogP contribution in [0.5, 0.6) is 0 Å². The molecule has 0 unspecified atom stereocenters. The van der Waals surface area contributed by atoms with Crippen LogP contribution in [0.1, 0.15) is 37.4 Å². The largest absolute Gasteiger partial charge is 0.475 e. The number of carboxylic acids is 1. The number of carbonyl (C=O) groups is 2. The summed E-state index contributed by atoms with van der Waals surface area (Å²) in [6.07, 6.45) is 0.358. The molecule has 0 aliphatic rings. The van der Waals surface area contributed by atoms with E-state index >= 15 is 0 Å². The average molecular weight is 391 g/mol. The minimum atomic E-state index is -1.19. The zero-order valence-corrected chi connectivity index (χ0v) is 15.5. The fourth-order valence-electron chi connectivity index (χ4n) is 2.77. The van der Waals surface area contributed by atoms with Gasteiger partial charge in [0.1, 0.15) is 16.4 Å². The second-order valence-electron chi connectivity index (χ2n) is 5.83. The summed E-state index contributed by atoms with van der Waals surface area (Å²) in [5.74, 6) is -1.27. The van der Waals surface area contributed by atoms with Crippen molar-refractivity contribution in [2.45, 2.75) is 19.9 Å². The monoisotopic (exact) mass is 391 g/mol. The highest BCUT2D eigenvalue weighted by Gasteiger charge is 2.21. The zero-order valence-electron chi connectivity index (χ0n) is 14.6. The fourth-order valence-corrected chi connectivity index (χ4v) is 3.82. The van der Waals surface area contributed by atoms with Crippen LogP contribution in [0, 0.1) is 6.92 Å². The predicted molar refractivity (Wildman–Crippen MR) is 97.5 cm³/mol. The standard InChI is InChI=1S/C17H17N3O6S/c1-8-12-15(27-13(8)14(18)21)19-11(5-6-25-2)20(16(12)22)7-9-3-4-10(26-9)17(23)24/h3-4H,5-7H2,1-2H3,(H2,18,21)(H,23,24). The van der Waals surface area contributed by atoms with Gasteiger partial charge in [-0.3, -0.25) is 14.2 Å². The molecule has 0 spiro atoms. The van der Waals surface area contributed by atoms with Crippen LogP contribution < -0.4 is 11.3 Å². The molecule has 0 aliphatic carbocycles. The first-order valence-corrected chi connectivity index (χ1v) is 8.78. The van der Waals surface area contributed by atoms with E-state index in [1.54, 1.807) is 6.92 Å². The van der Waals surface area contributed by atoms with Crippen LogP contribution in [0.4, 0.5) is 0 Å². The minimum Gasteiger partial charge on any atom is -0.475 e. The number of fused-ring (bicyclic) bond motifs is 1. The van der Waals surface area contributed by atoms with Crippen LogP contribution >= 0.6 is 11.3 Å². The molecule has 0 aliphatic heterocycles. The Labute approximate surface area is 157 Å². The number of nitrogens with zero attached hydrogens (tertiary/aromatic N) is 2. The van der Waals surface area contributed by atoms with Gasteiger partial charge >= 0.3 is 5.97 Å². The summed E-state index contributed by atoms with van der Waals surface area (Å²) < 4.78 is 11.7. The summed E-state index contributed by atoms with van der Waals surface area (Å²) in [6, 6.07) is 2.82. The Kier molecular flexibility index (Phi) is 5.10. The van der Waals surface area contributed by atoms with E-state index in [-0.39, 0.29) is 22.7 Å². The van der Waals surface area contributed by atoms with Gasteiger partial charge in [-0.05, 0) is 24.6 Å². The second-order valence-corrected chi connectivity index (χ2v) is 6.83. The Bertz CT molecular complexity index is 1090. The fraction of sp³-hybridized carbons (Fsp3) is 0.294. The van der Waals surface area contributed by atoms with Gasteiger partial charge in [-0.2, -0.15) is 0 Å². The summed E-state index contributed by atoms with van der Waals surface area (Å²) in [7, 11) is 1.53. The third-order valence-corrected chi connectivity index (χ3v) is 5.27. The Morgan fingerprint density at radius 1 is 1.41 bits per heavy atom. The van der Waals surface area contributed by atoms with E-state index in [0.29, 0.717) is 40.4 Å². The highest BCUT2D eigenvalue weighted by atomic mass is 32.1. The Balaban J connectivity index is 2.16. The van der Waals surface area contributed by atoms with Crippen LogP contribution in [0.2, 0.25) is 0 Å². The van der Waals surface area contributed by atoms with Crippen LogP contribution in [0.3, 0.4) is 0 Å². The number of aromatic carboxylic acids is 1. The molecule has 0 radical (unpaired) electrons. The number of nitrogens with two attached hydrogens (primary N) is 1. The molecular weight excluding hydrogens is 374 g/mol. The number of hydrogen-bond acceptors (Lipinski definition) is 7. The van der Waals surface area contributed by atoms with Gasteiger partial charge in [-0.1, -0.05) is 0 Å². The maximum Gasteiger partial charge on any atom is 0.371 e. The van der Waals surface area contributed by atoms with Gasteiger partial charge in [0.15, 0.2) is 0 Å². The molecule has 0 bridgehead atoms. The van der Waals surface area contributed by atoms with Crippen LogP contribution in [-0.4, -0.2) is 40.3 Å². The van der Waals surface area contributed by atoms with Gasteiger partial charge in [0.25, 0.3) is 11.5 Å². The van der Waals surface area contributed by atoms with Gasteiger partial charge < -0.3 is 20.0 Å². The SMILES string of the molecule is COCCc1nc2sc(C(N)=O)c(C)c2c(=O)n1Cc1ccc(C(=O)O)o1. The number of aromatic nitrogens is 2. The van der Waals surface area contributed by atoms with Crippen LogP contribution in [0.15, 0.2) is 21.3 Å². The molecule has 9 nitrogen and oxygen atoms in total.